The number of likely N-dealkylation sites (tertiary alicyclic amines) is 1. The highest BCUT2D eigenvalue weighted by atomic mass is 16.4. The molecule has 0 bridgehead atoms. The van der Waals surface area contributed by atoms with Crippen molar-refractivity contribution >= 4 is 11.9 Å². The smallest absolute Gasteiger partial charge is 0.306 e. The summed E-state index contributed by atoms with van der Waals surface area (Å²) in [5.41, 5.74) is 1.84. The first-order chi connectivity index (χ1) is 11.0. The van der Waals surface area contributed by atoms with Gasteiger partial charge in [0, 0.05) is 25.2 Å². The number of carbonyl (C=O) groups excluding carboxylic acids is 1. The molecule has 1 aliphatic rings. The van der Waals surface area contributed by atoms with E-state index in [1.54, 1.807) is 4.90 Å². The summed E-state index contributed by atoms with van der Waals surface area (Å²) < 4.78 is 0. The van der Waals surface area contributed by atoms with Gasteiger partial charge in [-0.15, -0.1) is 0 Å². The molecular weight excluding hydrogens is 292 g/mol. The summed E-state index contributed by atoms with van der Waals surface area (Å²) in [5.74, 6) is -1.05. The molecule has 23 heavy (non-hydrogen) atoms. The fourth-order valence-electron chi connectivity index (χ4n) is 3.02. The molecule has 1 fully saturated rings. The third-order valence-electron chi connectivity index (χ3n) is 4.61. The number of aliphatic carboxylic acids is 1. The monoisotopic (exact) mass is 318 g/mol. The van der Waals surface area contributed by atoms with Crippen LogP contribution in [0.4, 0.5) is 0 Å². The van der Waals surface area contributed by atoms with E-state index >= 15 is 0 Å². The van der Waals surface area contributed by atoms with Crippen LogP contribution in [-0.4, -0.2) is 53.0 Å². The van der Waals surface area contributed by atoms with Crippen LogP contribution in [0.1, 0.15) is 42.6 Å². The molecule has 1 saturated heterocycles. The highest BCUT2D eigenvalue weighted by Crippen LogP contribution is 2.20. The predicted molar refractivity (Wildman–Crippen MR) is 89.3 cm³/mol. The Bertz CT molecular complexity index is 547. The fraction of sp³-hybridized carbons (Fsp3) is 0.556. The second-order valence-electron chi connectivity index (χ2n) is 6.07. The number of carboxylic acid groups (broad SMARTS) is 1. The molecule has 0 unspecified atom stereocenters. The Hall–Kier alpha value is -1.88. The van der Waals surface area contributed by atoms with Crippen molar-refractivity contribution in [3.8, 4) is 0 Å². The van der Waals surface area contributed by atoms with Crippen LogP contribution in [0, 0.1) is 5.92 Å². The molecule has 0 saturated carbocycles. The second-order valence-corrected chi connectivity index (χ2v) is 6.07. The number of hydrogen-bond acceptors (Lipinski definition) is 3. The first-order valence-electron chi connectivity index (χ1n) is 8.38. The molecule has 0 aromatic heterocycles. The van der Waals surface area contributed by atoms with Crippen molar-refractivity contribution in [3.63, 3.8) is 0 Å². The maximum absolute atomic E-state index is 12.6. The summed E-state index contributed by atoms with van der Waals surface area (Å²) in [5, 5.41) is 9.04. The second kappa shape index (κ2) is 8.11. The van der Waals surface area contributed by atoms with Gasteiger partial charge >= 0.3 is 5.97 Å². The lowest BCUT2D eigenvalue weighted by molar-refractivity contribution is -0.143. The fourth-order valence-corrected chi connectivity index (χ4v) is 3.02. The van der Waals surface area contributed by atoms with E-state index < -0.39 is 5.97 Å². The van der Waals surface area contributed by atoms with Gasteiger partial charge in [0.25, 0.3) is 5.91 Å². The molecule has 0 atom stereocenters. The average molecular weight is 318 g/mol. The van der Waals surface area contributed by atoms with E-state index in [4.69, 9.17) is 5.11 Å². The van der Waals surface area contributed by atoms with Crippen molar-refractivity contribution in [1.82, 2.24) is 9.80 Å². The minimum Gasteiger partial charge on any atom is -0.481 e. The van der Waals surface area contributed by atoms with E-state index in [-0.39, 0.29) is 11.8 Å². The van der Waals surface area contributed by atoms with Crippen LogP contribution in [-0.2, 0) is 11.3 Å². The third-order valence-corrected chi connectivity index (χ3v) is 4.61. The number of hydrogen-bond donors (Lipinski definition) is 1. The quantitative estimate of drug-likeness (QED) is 0.875. The average Bonchev–Trinajstić information content (AvgIpc) is 2.59. The summed E-state index contributed by atoms with van der Waals surface area (Å²) in [6, 6.07) is 7.78. The predicted octanol–water partition coefficient (Wildman–Crippen LogP) is 2.47. The third kappa shape index (κ3) is 4.55. The van der Waals surface area contributed by atoms with Crippen molar-refractivity contribution < 1.29 is 14.7 Å². The molecule has 126 valence electrons. The van der Waals surface area contributed by atoms with Gasteiger partial charge in [0.1, 0.15) is 0 Å². The number of nitrogens with zero attached hydrogens (tertiary/aromatic N) is 2. The van der Waals surface area contributed by atoms with Gasteiger partial charge in [0.2, 0.25) is 0 Å². The van der Waals surface area contributed by atoms with Crippen molar-refractivity contribution in [2.75, 3.05) is 26.2 Å². The first kappa shape index (κ1) is 17.5. The van der Waals surface area contributed by atoms with Gasteiger partial charge in [-0.3, -0.25) is 14.5 Å². The van der Waals surface area contributed by atoms with Gasteiger partial charge in [0.05, 0.1) is 5.92 Å². The first-order valence-corrected chi connectivity index (χ1v) is 8.38. The van der Waals surface area contributed by atoms with Gasteiger partial charge in [-0.05, 0) is 43.6 Å². The zero-order chi connectivity index (χ0) is 16.8. The molecule has 1 aliphatic heterocycles. The highest BCUT2D eigenvalue weighted by molar-refractivity contribution is 5.94. The minimum absolute atomic E-state index is 0.00948. The van der Waals surface area contributed by atoms with E-state index in [0.29, 0.717) is 31.5 Å². The summed E-state index contributed by atoms with van der Waals surface area (Å²) >= 11 is 0. The van der Waals surface area contributed by atoms with Crippen molar-refractivity contribution in [2.24, 2.45) is 5.92 Å². The van der Waals surface area contributed by atoms with Gasteiger partial charge < -0.3 is 10.0 Å². The molecule has 5 nitrogen and oxygen atoms in total. The van der Waals surface area contributed by atoms with E-state index in [1.807, 2.05) is 24.3 Å². The van der Waals surface area contributed by atoms with Crippen LogP contribution >= 0.6 is 0 Å². The lowest BCUT2D eigenvalue weighted by Gasteiger charge is -2.30. The molecule has 1 amide bonds. The maximum Gasteiger partial charge on any atom is 0.306 e. The number of rotatable bonds is 6. The standard InChI is InChI=1S/C18H26N2O3/c1-3-19(4-2)13-14-6-5-7-16(12-14)17(21)20-10-8-15(9-11-20)18(22)23/h5-7,12,15H,3-4,8-11,13H2,1-2H3,(H,22,23). The largest absolute Gasteiger partial charge is 0.481 e. The normalized spacial score (nSPS) is 15.9. The SMILES string of the molecule is CCN(CC)Cc1cccc(C(=O)N2CCC(C(=O)O)CC2)c1. The molecule has 0 spiro atoms. The van der Waals surface area contributed by atoms with Crippen LogP contribution in [0.2, 0.25) is 0 Å². The number of amides is 1. The number of benzene rings is 1. The van der Waals surface area contributed by atoms with Crippen molar-refractivity contribution in [2.45, 2.75) is 33.2 Å². The van der Waals surface area contributed by atoms with Crippen LogP contribution in [0.3, 0.4) is 0 Å². The molecule has 1 heterocycles. The Morgan fingerprint density at radius 1 is 1.22 bits per heavy atom. The van der Waals surface area contributed by atoms with Gasteiger partial charge in [0.15, 0.2) is 0 Å². The minimum atomic E-state index is -0.752. The van der Waals surface area contributed by atoms with E-state index in [2.05, 4.69) is 18.7 Å². The van der Waals surface area contributed by atoms with Crippen LogP contribution in [0.15, 0.2) is 24.3 Å². The Balaban J connectivity index is 2.01. The van der Waals surface area contributed by atoms with E-state index in [0.717, 1.165) is 25.2 Å². The Labute approximate surface area is 137 Å². The molecular formula is C18H26N2O3. The zero-order valence-electron chi connectivity index (χ0n) is 14.0. The lowest BCUT2D eigenvalue weighted by atomic mass is 9.96. The lowest BCUT2D eigenvalue weighted by Crippen LogP contribution is -2.40. The summed E-state index contributed by atoms with van der Waals surface area (Å²) in [7, 11) is 0. The Morgan fingerprint density at radius 2 is 1.87 bits per heavy atom. The van der Waals surface area contributed by atoms with Gasteiger partial charge in [-0.1, -0.05) is 26.0 Å². The van der Waals surface area contributed by atoms with Crippen LogP contribution in [0.25, 0.3) is 0 Å². The summed E-state index contributed by atoms with van der Waals surface area (Å²) in [4.78, 5) is 27.7. The number of piperidine rings is 1. The summed E-state index contributed by atoms with van der Waals surface area (Å²) in [6.45, 7) is 8.12. The summed E-state index contributed by atoms with van der Waals surface area (Å²) in [6.07, 6.45) is 1.08. The molecule has 0 aliphatic carbocycles. The molecule has 1 aromatic carbocycles. The Kier molecular flexibility index (Phi) is 6.16. The topological polar surface area (TPSA) is 60.9 Å². The molecule has 1 N–H and O–H groups in total. The number of carbonyl (C=O) groups is 2. The molecule has 1 aromatic rings. The molecule has 2 rings (SSSR count). The van der Waals surface area contributed by atoms with Crippen molar-refractivity contribution in [1.29, 1.82) is 0 Å². The maximum atomic E-state index is 12.6. The molecule has 0 radical (unpaired) electrons. The van der Waals surface area contributed by atoms with Crippen LogP contribution in [0.5, 0.6) is 0 Å². The van der Waals surface area contributed by atoms with Crippen LogP contribution < -0.4 is 0 Å². The Morgan fingerprint density at radius 3 is 2.43 bits per heavy atom. The molecule has 5 heteroatoms. The highest BCUT2D eigenvalue weighted by Gasteiger charge is 2.27. The van der Waals surface area contributed by atoms with E-state index in [9.17, 15) is 9.59 Å². The van der Waals surface area contributed by atoms with Gasteiger partial charge in [-0.25, -0.2) is 0 Å². The van der Waals surface area contributed by atoms with E-state index in [1.165, 1.54) is 0 Å². The number of carboxylic acids is 1. The zero-order valence-corrected chi connectivity index (χ0v) is 14.0. The van der Waals surface area contributed by atoms with Gasteiger partial charge in [-0.2, -0.15) is 0 Å². The van der Waals surface area contributed by atoms with Crippen molar-refractivity contribution in [3.05, 3.63) is 35.4 Å².